The van der Waals surface area contributed by atoms with Crippen LogP contribution < -0.4 is 20.7 Å². The number of hydrogen-bond acceptors (Lipinski definition) is 0. The highest BCUT2D eigenvalue weighted by Gasteiger charge is 2.43. The minimum Gasteiger partial charge on any atom is -0.309 e. The molecule has 0 aliphatic rings. The highest BCUT2D eigenvalue weighted by atomic mass is 28.3. The zero-order valence-electron chi connectivity index (χ0n) is 31.3. The molecule has 2 nitrogen and oxygen atoms in total. The first-order chi connectivity index (χ1) is 28.3. The van der Waals surface area contributed by atoms with E-state index in [0.717, 1.165) is 11.4 Å². The van der Waals surface area contributed by atoms with E-state index >= 15 is 0 Å². The molecule has 0 radical (unpaired) electrons. The van der Waals surface area contributed by atoms with Gasteiger partial charge < -0.3 is 9.13 Å². The maximum atomic E-state index is 2.56. The van der Waals surface area contributed by atoms with Gasteiger partial charge in [-0.3, -0.25) is 0 Å². The maximum Gasteiger partial charge on any atom is 0.181 e. The van der Waals surface area contributed by atoms with Gasteiger partial charge in [-0.25, -0.2) is 0 Å². The summed E-state index contributed by atoms with van der Waals surface area (Å²) in [7, 11) is -2.91. The van der Waals surface area contributed by atoms with Crippen molar-refractivity contribution in [3.8, 4) is 22.5 Å². The Hall–Kier alpha value is -7.20. The SMILES string of the molecule is c1ccc(-c2cccc3c2c2cc(-n4c5ccccc5c5cccc([Si](c6ccccc6)(c6ccccc6)c6ccccc6)c54)ccc2n3-c2ccccc2)cc1. The molecule has 0 spiro atoms. The predicted octanol–water partition coefficient (Wildman–Crippen LogP) is 10.9. The van der Waals surface area contributed by atoms with Crippen molar-refractivity contribution in [2.24, 2.45) is 0 Å². The van der Waals surface area contributed by atoms with E-state index in [-0.39, 0.29) is 0 Å². The Morgan fingerprint density at radius 3 is 1.47 bits per heavy atom. The molecule has 0 fully saturated rings. The Bertz CT molecular complexity index is 3110. The highest BCUT2D eigenvalue weighted by molar-refractivity contribution is 7.20. The molecule has 3 heteroatoms. The second-order valence-electron chi connectivity index (χ2n) is 14.8. The van der Waals surface area contributed by atoms with Crippen LogP contribution in [0.2, 0.25) is 0 Å². The normalized spacial score (nSPS) is 11.9. The van der Waals surface area contributed by atoms with Crippen molar-refractivity contribution in [2.75, 3.05) is 0 Å². The Morgan fingerprint density at radius 1 is 0.316 bits per heavy atom. The molecule has 0 unspecified atom stereocenters. The van der Waals surface area contributed by atoms with Crippen molar-refractivity contribution in [3.05, 3.63) is 231 Å². The van der Waals surface area contributed by atoms with E-state index in [2.05, 4.69) is 240 Å². The molecule has 0 amide bonds. The largest absolute Gasteiger partial charge is 0.309 e. The molecule has 268 valence electrons. The van der Waals surface area contributed by atoms with Crippen LogP contribution in [0.4, 0.5) is 0 Å². The Kier molecular flexibility index (Phi) is 7.87. The van der Waals surface area contributed by atoms with Crippen molar-refractivity contribution in [1.82, 2.24) is 9.13 Å². The van der Waals surface area contributed by atoms with Gasteiger partial charge in [-0.15, -0.1) is 0 Å². The van der Waals surface area contributed by atoms with Gasteiger partial charge in [0.2, 0.25) is 0 Å². The lowest BCUT2D eigenvalue weighted by atomic mass is 9.99. The second-order valence-corrected chi connectivity index (χ2v) is 18.6. The van der Waals surface area contributed by atoms with E-state index in [1.807, 2.05) is 0 Å². The third kappa shape index (κ3) is 5.10. The quantitative estimate of drug-likeness (QED) is 0.114. The third-order valence-corrected chi connectivity index (χ3v) is 16.7. The monoisotopic (exact) mass is 742 g/mol. The number of rotatable bonds is 7. The lowest BCUT2D eigenvalue weighted by Crippen LogP contribution is -2.75. The fraction of sp³-hybridized carbons (Fsp3) is 0. The van der Waals surface area contributed by atoms with Gasteiger partial charge in [0.15, 0.2) is 8.07 Å². The lowest BCUT2D eigenvalue weighted by molar-refractivity contribution is 1.17. The molecule has 0 N–H and O–H groups in total. The van der Waals surface area contributed by atoms with Crippen LogP contribution in [0.3, 0.4) is 0 Å². The summed E-state index contributed by atoms with van der Waals surface area (Å²) < 4.78 is 4.99. The van der Waals surface area contributed by atoms with E-state index in [0.29, 0.717) is 0 Å². The zero-order valence-corrected chi connectivity index (χ0v) is 32.3. The van der Waals surface area contributed by atoms with Crippen molar-refractivity contribution in [3.63, 3.8) is 0 Å². The van der Waals surface area contributed by atoms with Gasteiger partial charge in [0, 0.05) is 32.9 Å². The fourth-order valence-corrected chi connectivity index (χ4v) is 14.5. The van der Waals surface area contributed by atoms with Crippen LogP contribution in [0.5, 0.6) is 0 Å². The van der Waals surface area contributed by atoms with Crippen molar-refractivity contribution in [1.29, 1.82) is 0 Å². The fourth-order valence-electron chi connectivity index (χ4n) is 9.53. The van der Waals surface area contributed by atoms with Crippen molar-refractivity contribution >= 4 is 72.4 Å². The van der Waals surface area contributed by atoms with Gasteiger partial charge in [0.1, 0.15) is 0 Å². The van der Waals surface area contributed by atoms with Crippen LogP contribution in [0, 0.1) is 0 Å². The highest BCUT2D eigenvalue weighted by Crippen LogP contribution is 2.41. The van der Waals surface area contributed by atoms with Crippen LogP contribution >= 0.6 is 0 Å². The topological polar surface area (TPSA) is 9.86 Å². The minimum atomic E-state index is -2.91. The van der Waals surface area contributed by atoms with Gasteiger partial charge in [-0.1, -0.05) is 188 Å². The van der Waals surface area contributed by atoms with Crippen LogP contribution in [0.15, 0.2) is 231 Å². The Balaban J connectivity index is 1.30. The molecule has 0 aliphatic carbocycles. The number of hydrogen-bond donors (Lipinski definition) is 0. The molecule has 11 aromatic rings. The van der Waals surface area contributed by atoms with Crippen molar-refractivity contribution < 1.29 is 0 Å². The van der Waals surface area contributed by atoms with Gasteiger partial charge in [-0.05, 0) is 74.3 Å². The zero-order chi connectivity index (χ0) is 37.8. The van der Waals surface area contributed by atoms with Crippen LogP contribution in [-0.2, 0) is 0 Å². The predicted molar refractivity (Wildman–Crippen MR) is 244 cm³/mol. The molecule has 0 saturated carbocycles. The van der Waals surface area contributed by atoms with E-state index in [1.165, 1.54) is 75.5 Å². The van der Waals surface area contributed by atoms with Crippen LogP contribution in [0.1, 0.15) is 0 Å². The first kappa shape index (κ1) is 33.2. The van der Waals surface area contributed by atoms with Gasteiger partial charge >= 0.3 is 0 Å². The van der Waals surface area contributed by atoms with Gasteiger partial charge in [0.05, 0.1) is 22.1 Å². The number of nitrogens with zero attached hydrogens (tertiary/aromatic N) is 2. The Morgan fingerprint density at radius 2 is 0.825 bits per heavy atom. The average molecular weight is 743 g/mol. The number of fused-ring (bicyclic) bond motifs is 6. The summed E-state index contributed by atoms with van der Waals surface area (Å²) in [5.41, 5.74) is 9.59. The molecule has 2 aromatic heterocycles. The molecular weight excluding hydrogens is 705 g/mol. The Labute approximate surface area is 333 Å². The second kappa shape index (κ2) is 13.5. The van der Waals surface area contributed by atoms with E-state index in [4.69, 9.17) is 0 Å². The summed E-state index contributed by atoms with van der Waals surface area (Å²) in [5.74, 6) is 0. The summed E-state index contributed by atoms with van der Waals surface area (Å²) in [6.45, 7) is 0. The van der Waals surface area contributed by atoms with E-state index in [9.17, 15) is 0 Å². The first-order valence-corrected chi connectivity index (χ1v) is 21.7. The third-order valence-electron chi connectivity index (χ3n) is 11.9. The molecule has 2 heterocycles. The molecule has 11 rings (SSSR count). The summed E-state index contributed by atoms with van der Waals surface area (Å²) in [5, 5.41) is 10.5. The molecular formula is C54H38N2Si. The minimum absolute atomic E-state index is 1.15. The summed E-state index contributed by atoms with van der Waals surface area (Å²) in [6.07, 6.45) is 0. The van der Waals surface area contributed by atoms with Gasteiger partial charge in [0.25, 0.3) is 0 Å². The van der Waals surface area contributed by atoms with E-state index < -0.39 is 8.07 Å². The first-order valence-electron chi connectivity index (χ1n) is 19.7. The summed E-state index contributed by atoms with van der Waals surface area (Å²) >= 11 is 0. The molecule has 0 atom stereocenters. The van der Waals surface area contributed by atoms with Crippen molar-refractivity contribution in [2.45, 2.75) is 0 Å². The number of aromatic nitrogens is 2. The molecule has 9 aromatic carbocycles. The average Bonchev–Trinajstić information content (AvgIpc) is 3.81. The number of para-hydroxylation sites is 3. The maximum absolute atomic E-state index is 2.91. The summed E-state index contributed by atoms with van der Waals surface area (Å²) in [6, 6.07) is 85.2. The summed E-state index contributed by atoms with van der Waals surface area (Å²) in [4.78, 5) is 0. The molecule has 57 heavy (non-hydrogen) atoms. The molecule has 0 bridgehead atoms. The standard InChI is InChI=1S/C54H38N2Si/c1-6-20-39(21-7-1)45-31-18-34-51-53(45)48-38-41(36-37-50(48)55(51)40-22-8-2-9-23-40)56-49-33-17-16-30-46(49)47-32-19-35-52(54(47)56)57(42-24-10-3-11-25-42,43-26-12-4-13-27-43)44-28-14-5-15-29-44/h1-38H. The smallest absolute Gasteiger partial charge is 0.181 e. The number of benzene rings is 9. The molecule has 0 aliphatic heterocycles. The van der Waals surface area contributed by atoms with Gasteiger partial charge in [-0.2, -0.15) is 0 Å². The van der Waals surface area contributed by atoms with E-state index in [1.54, 1.807) is 0 Å². The van der Waals surface area contributed by atoms with Crippen LogP contribution in [-0.4, -0.2) is 17.2 Å². The lowest BCUT2D eigenvalue weighted by Gasteiger charge is -2.35. The van der Waals surface area contributed by atoms with Crippen LogP contribution in [0.25, 0.3) is 66.1 Å². The molecule has 0 saturated heterocycles.